The van der Waals surface area contributed by atoms with E-state index in [2.05, 4.69) is 44.5 Å². The Balaban J connectivity index is 1.16. The van der Waals surface area contributed by atoms with Crippen LogP contribution in [0.3, 0.4) is 0 Å². The van der Waals surface area contributed by atoms with Crippen LogP contribution in [-0.4, -0.2) is 77.4 Å². The highest BCUT2D eigenvalue weighted by Crippen LogP contribution is 2.29. The molecular formula is C25H33F3N6O. The van der Waals surface area contributed by atoms with Crippen LogP contribution in [0.25, 0.3) is 0 Å². The lowest BCUT2D eigenvalue weighted by Crippen LogP contribution is -2.47. The van der Waals surface area contributed by atoms with Crippen molar-refractivity contribution in [1.82, 2.24) is 25.0 Å². The molecule has 4 rings (SSSR count). The van der Waals surface area contributed by atoms with Gasteiger partial charge in [-0.2, -0.15) is 13.2 Å². The number of rotatable bonds is 6. The first-order chi connectivity index (χ1) is 16.8. The molecule has 0 bridgehead atoms. The average molecular weight is 491 g/mol. The first kappa shape index (κ1) is 25.1. The average Bonchev–Trinajstić information content (AvgIpc) is 3.07. The normalized spacial score (nSPS) is 20.1. The quantitative estimate of drug-likeness (QED) is 0.637. The fraction of sp³-hybridized carbons (Fsp3) is 0.520. The predicted molar refractivity (Wildman–Crippen MR) is 129 cm³/mol. The molecule has 1 amide bonds. The van der Waals surface area contributed by atoms with Gasteiger partial charge in [0.2, 0.25) is 5.91 Å². The molecule has 0 saturated carbocycles. The van der Waals surface area contributed by atoms with Crippen molar-refractivity contribution in [3.05, 3.63) is 59.8 Å². The summed E-state index contributed by atoms with van der Waals surface area (Å²) in [5.74, 6) is 0.148. The second-order valence-corrected chi connectivity index (χ2v) is 9.26. The lowest BCUT2D eigenvalue weighted by Gasteiger charge is -2.37. The number of halogens is 3. The van der Waals surface area contributed by atoms with Crippen molar-refractivity contribution < 1.29 is 18.0 Å². The first-order valence-corrected chi connectivity index (χ1v) is 12.1. The molecule has 0 aromatic carbocycles. The van der Waals surface area contributed by atoms with Gasteiger partial charge in [-0.1, -0.05) is 6.08 Å². The number of nitrogens with one attached hydrogen (secondary N) is 2. The summed E-state index contributed by atoms with van der Waals surface area (Å²) in [4.78, 5) is 22.7. The lowest BCUT2D eigenvalue weighted by atomic mass is 10.0. The molecule has 2 fully saturated rings. The Morgan fingerprint density at radius 1 is 1.11 bits per heavy atom. The summed E-state index contributed by atoms with van der Waals surface area (Å²) < 4.78 is 38.6. The lowest BCUT2D eigenvalue weighted by molar-refractivity contribution is -0.141. The maximum absolute atomic E-state index is 12.9. The molecule has 0 spiro atoms. The Hall–Kier alpha value is -3.01. The Bertz CT molecular complexity index is 974. The van der Waals surface area contributed by atoms with Crippen LogP contribution in [0.1, 0.15) is 31.9 Å². The van der Waals surface area contributed by atoms with Crippen molar-refractivity contribution in [2.45, 2.75) is 38.4 Å². The smallest absolute Gasteiger partial charge is 0.382 e. The minimum Gasteiger partial charge on any atom is -0.382 e. The van der Waals surface area contributed by atoms with E-state index in [9.17, 15) is 18.0 Å². The van der Waals surface area contributed by atoms with E-state index in [1.165, 1.54) is 17.5 Å². The monoisotopic (exact) mass is 490 g/mol. The van der Waals surface area contributed by atoms with Crippen LogP contribution < -0.4 is 10.6 Å². The third-order valence-corrected chi connectivity index (χ3v) is 6.71. The van der Waals surface area contributed by atoms with E-state index >= 15 is 0 Å². The Morgan fingerprint density at radius 2 is 1.86 bits per heavy atom. The van der Waals surface area contributed by atoms with Gasteiger partial charge in [-0.05, 0) is 43.5 Å². The van der Waals surface area contributed by atoms with Gasteiger partial charge in [0.25, 0.3) is 0 Å². The number of anilines is 1. The number of nitrogens with zero attached hydrogens (tertiary/aromatic N) is 4. The number of amides is 1. The van der Waals surface area contributed by atoms with E-state index in [0.717, 1.165) is 38.8 Å². The number of likely N-dealkylation sites (tertiary alicyclic amines) is 1. The molecule has 35 heavy (non-hydrogen) atoms. The summed E-state index contributed by atoms with van der Waals surface area (Å²) in [6.45, 7) is 7.72. The Kier molecular flexibility index (Phi) is 8.00. The number of allylic oxidation sites excluding steroid dienone is 3. The second-order valence-electron chi connectivity index (χ2n) is 9.26. The number of carbonyl (C=O) groups excluding carboxylic acids is 1. The number of piperidine rings is 1. The maximum atomic E-state index is 12.9. The van der Waals surface area contributed by atoms with Gasteiger partial charge >= 0.3 is 6.18 Å². The highest BCUT2D eigenvalue weighted by molar-refractivity contribution is 5.76. The number of hydrogen-bond donors (Lipinski definition) is 2. The maximum Gasteiger partial charge on any atom is 0.433 e. The second kappa shape index (κ2) is 11.2. The predicted octanol–water partition coefficient (Wildman–Crippen LogP) is 3.42. The van der Waals surface area contributed by atoms with E-state index in [-0.39, 0.29) is 11.9 Å². The van der Waals surface area contributed by atoms with E-state index in [0.29, 0.717) is 38.0 Å². The van der Waals surface area contributed by atoms with Gasteiger partial charge in [-0.3, -0.25) is 14.7 Å². The van der Waals surface area contributed by atoms with Gasteiger partial charge in [-0.15, -0.1) is 0 Å². The van der Waals surface area contributed by atoms with E-state index < -0.39 is 11.9 Å². The van der Waals surface area contributed by atoms with E-state index in [1.54, 1.807) is 6.07 Å². The topological polar surface area (TPSA) is 63.7 Å². The zero-order chi connectivity index (χ0) is 24.8. The minimum atomic E-state index is -4.46. The van der Waals surface area contributed by atoms with Gasteiger partial charge in [0, 0.05) is 82.6 Å². The fourth-order valence-corrected chi connectivity index (χ4v) is 4.59. The zero-order valence-corrected chi connectivity index (χ0v) is 20.0. The van der Waals surface area contributed by atoms with Gasteiger partial charge in [0.1, 0.15) is 5.69 Å². The van der Waals surface area contributed by atoms with Crippen molar-refractivity contribution in [3.63, 3.8) is 0 Å². The largest absolute Gasteiger partial charge is 0.433 e. The summed E-state index contributed by atoms with van der Waals surface area (Å²) in [6, 6.07) is 2.62. The molecule has 7 nitrogen and oxygen atoms in total. The van der Waals surface area contributed by atoms with Crippen molar-refractivity contribution in [3.8, 4) is 0 Å². The van der Waals surface area contributed by atoms with Crippen LogP contribution in [0, 0.1) is 0 Å². The molecule has 10 heteroatoms. The molecule has 0 atom stereocenters. The van der Waals surface area contributed by atoms with Crippen molar-refractivity contribution in [2.24, 2.45) is 0 Å². The van der Waals surface area contributed by atoms with Crippen LogP contribution in [-0.2, 0) is 11.0 Å². The molecule has 0 aliphatic carbocycles. The third-order valence-electron chi connectivity index (χ3n) is 6.71. The van der Waals surface area contributed by atoms with Gasteiger partial charge in [0.05, 0.1) is 5.70 Å². The SMILES string of the molecule is CC1=CNC=C(N2CCN(CCC(=O)N3CCC(Nc4ccnc(C(F)(F)F)c4)CC3)CC2)C=C1. The van der Waals surface area contributed by atoms with Crippen LogP contribution in [0.5, 0.6) is 0 Å². The number of piperazine rings is 1. The Labute approximate surface area is 204 Å². The zero-order valence-electron chi connectivity index (χ0n) is 20.0. The summed E-state index contributed by atoms with van der Waals surface area (Å²) in [6.07, 6.45) is 6.85. The minimum absolute atomic E-state index is 0.0384. The van der Waals surface area contributed by atoms with Gasteiger partial charge < -0.3 is 20.4 Å². The van der Waals surface area contributed by atoms with Crippen molar-refractivity contribution in [2.75, 3.05) is 51.1 Å². The standard InChI is InChI=1S/C25H33F3N6O/c1-19-2-3-22(18-29-17-19)33-14-12-32(13-15-33)9-7-24(35)34-10-5-20(6-11-34)31-21-4-8-30-23(16-21)25(26,27)28/h2-4,8,16-18,20,29H,5-7,9-15H2,1H3,(H,30,31). The molecular weight excluding hydrogens is 457 g/mol. The number of carbonyl (C=O) groups is 1. The van der Waals surface area contributed by atoms with Crippen molar-refractivity contribution in [1.29, 1.82) is 0 Å². The highest BCUT2D eigenvalue weighted by Gasteiger charge is 2.33. The molecule has 2 saturated heterocycles. The molecule has 4 heterocycles. The molecule has 190 valence electrons. The molecule has 2 N–H and O–H groups in total. The summed E-state index contributed by atoms with van der Waals surface area (Å²) in [5.41, 5.74) is 1.86. The van der Waals surface area contributed by atoms with Gasteiger partial charge in [-0.25, -0.2) is 0 Å². The van der Waals surface area contributed by atoms with E-state index in [4.69, 9.17) is 0 Å². The summed E-state index contributed by atoms with van der Waals surface area (Å²) in [5, 5.41) is 6.38. The summed E-state index contributed by atoms with van der Waals surface area (Å²) in [7, 11) is 0. The van der Waals surface area contributed by atoms with Crippen molar-refractivity contribution >= 4 is 11.6 Å². The number of hydrogen-bond acceptors (Lipinski definition) is 6. The van der Waals surface area contributed by atoms with Crippen LogP contribution in [0.2, 0.25) is 0 Å². The third kappa shape index (κ3) is 7.00. The van der Waals surface area contributed by atoms with Crippen LogP contribution in [0.15, 0.2) is 54.2 Å². The molecule has 0 unspecified atom stereocenters. The summed E-state index contributed by atoms with van der Waals surface area (Å²) >= 11 is 0. The number of pyridine rings is 1. The molecule has 0 radical (unpaired) electrons. The molecule has 1 aromatic heterocycles. The molecule has 3 aliphatic rings. The Morgan fingerprint density at radius 3 is 2.57 bits per heavy atom. The highest BCUT2D eigenvalue weighted by atomic mass is 19.4. The van der Waals surface area contributed by atoms with E-state index in [1.807, 2.05) is 17.3 Å². The first-order valence-electron chi connectivity index (χ1n) is 12.1. The number of alkyl halides is 3. The van der Waals surface area contributed by atoms with Crippen LogP contribution >= 0.6 is 0 Å². The van der Waals surface area contributed by atoms with Gasteiger partial charge in [0.15, 0.2) is 0 Å². The number of aromatic nitrogens is 1. The fourth-order valence-electron chi connectivity index (χ4n) is 4.59. The molecule has 1 aromatic rings. The van der Waals surface area contributed by atoms with Crippen LogP contribution in [0.4, 0.5) is 18.9 Å². The molecule has 3 aliphatic heterocycles.